The Bertz CT molecular complexity index is 1310. The van der Waals surface area contributed by atoms with Crippen molar-refractivity contribution in [2.24, 2.45) is 0 Å². The van der Waals surface area contributed by atoms with Crippen LogP contribution >= 0.6 is 0 Å². The molecule has 4 heteroatoms. The van der Waals surface area contributed by atoms with Gasteiger partial charge in [-0.3, -0.25) is 0 Å². The van der Waals surface area contributed by atoms with Crippen LogP contribution in [0.2, 0.25) is 15.8 Å². The van der Waals surface area contributed by atoms with Gasteiger partial charge in [-0.2, -0.15) is 0 Å². The van der Waals surface area contributed by atoms with E-state index in [4.69, 9.17) is 0 Å². The Morgan fingerprint density at radius 3 is 1.89 bits per heavy atom. The maximum Gasteiger partial charge on any atom is 0.0160 e. The summed E-state index contributed by atoms with van der Waals surface area (Å²) in [6.45, 7) is 7.11. The van der Waals surface area contributed by atoms with E-state index < -0.39 is 13.3 Å². The molecule has 0 aliphatic carbocycles. The fraction of sp³-hybridized carbons (Fsp3) is 0.176. The van der Waals surface area contributed by atoms with Crippen molar-refractivity contribution in [1.29, 1.82) is 0 Å². The van der Waals surface area contributed by atoms with Crippen LogP contribution in [0, 0.1) is 12.1 Å². The van der Waals surface area contributed by atoms with E-state index in [2.05, 4.69) is 97.5 Å². The van der Waals surface area contributed by atoms with Crippen molar-refractivity contribution in [3.63, 3.8) is 0 Å². The molecule has 0 aliphatic rings. The first-order valence-corrected chi connectivity index (χ1v) is 18.6. The van der Waals surface area contributed by atoms with Crippen molar-refractivity contribution in [2.45, 2.75) is 36.5 Å². The maximum atomic E-state index is 4.63. The molecular formula is C34H34GeIrN2-2. The minimum absolute atomic E-state index is 0. The molecule has 5 aromatic rings. The minimum atomic E-state index is -1.94. The van der Waals surface area contributed by atoms with Crippen LogP contribution < -0.4 is 4.40 Å². The predicted molar refractivity (Wildman–Crippen MR) is 159 cm³/mol. The molecule has 0 atom stereocenters. The van der Waals surface area contributed by atoms with Crippen LogP contribution in [0.5, 0.6) is 0 Å². The average Bonchev–Trinajstić information content (AvgIpc) is 3.00. The van der Waals surface area contributed by atoms with Gasteiger partial charge in [0.15, 0.2) is 0 Å². The summed E-state index contributed by atoms with van der Waals surface area (Å²) in [6, 6.07) is 41.7. The van der Waals surface area contributed by atoms with Crippen molar-refractivity contribution in [3.05, 3.63) is 128 Å². The zero-order valence-electron chi connectivity index (χ0n) is 22.3. The Balaban J connectivity index is 0.000000258. The predicted octanol–water partition coefficient (Wildman–Crippen LogP) is 8.48. The summed E-state index contributed by atoms with van der Waals surface area (Å²) in [4.78, 5) is 8.84. The summed E-state index contributed by atoms with van der Waals surface area (Å²) in [6.07, 6.45) is 3.78. The molecule has 1 radical (unpaired) electrons. The van der Waals surface area contributed by atoms with E-state index >= 15 is 0 Å². The van der Waals surface area contributed by atoms with E-state index in [0.29, 0.717) is 0 Å². The average molecular weight is 735 g/mol. The number of hydrogen-bond acceptors (Lipinski definition) is 2. The molecule has 0 spiro atoms. The molecular weight excluding hydrogens is 701 g/mol. The normalized spacial score (nSPS) is 10.6. The van der Waals surface area contributed by atoms with Crippen LogP contribution in [0.4, 0.5) is 0 Å². The molecule has 2 nitrogen and oxygen atoms in total. The number of aromatic nitrogens is 2. The van der Waals surface area contributed by atoms with Crippen LogP contribution in [0.15, 0.2) is 116 Å². The van der Waals surface area contributed by atoms with Crippen LogP contribution in [-0.2, 0) is 20.1 Å². The standard InChI is InChI=1S/C23H26GeN.C11H8N.Ir/c1-4-24(5-2,6-3)22-16-17-25-23(18-22)21-14-12-20(13-15-21)19-10-8-7-9-11-19;1-2-6-10(7-3-1)11-8-4-5-9-12-11;/h7-14,16-18H,4-6H2,1-3H3;1-6,8-9H;/q2*-1;. The monoisotopic (exact) mass is 737 g/mol. The van der Waals surface area contributed by atoms with Gasteiger partial charge >= 0.3 is 154 Å². The van der Waals surface area contributed by atoms with E-state index in [0.717, 1.165) is 22.5 Å². The molecule has 38 heavy (non-hydrogen) atoms. The Kier molecular flexibility index (Phi) is 11.7. The van der Waals surface area contributed by atoms with Crippen LogP contribution in [-0.4, -0.2) is 23.2 Å². The van der Waals surface area contributed by atoms with Crippen LogP contribution in [0.1, 0.15) is 20.8 Å². The summed E-state index contributed by atoms with van der Waals surface area (Å²) in [7, 11) is 0. The molecule has 0 saturated heterocycles. The summed E-state index contributed by atoms with van der Waals surface area (Å²) in [5.41, 5.74) is 6.58. The molecule has 0 N–H and O–H groups in total. The van der Waals surface area contributed by atoms with Gasteiger partial charge in [-0.15, -0.1) is 35.9 Å². The summed E-state index contributed by atoms with van der Waals surface area (Å²) >= 11 is -1.94. The zero-order valence-corrected chi connectivity index (χ0v) is 26.8. The van der Waals surface area contributed by atoms with Crippen molar-refractivity contribution in [2.75, 3.05) is 0 Å². The fourth-order valence-electron chi connectivity index (χ4n) is 4.74. The molecule has 0 amide bonds. The van der Waals surface area contributed by atoms with Gasteiger partial charge in [0.1, 0.15) is 0 Å². The topological polar surface area (TPSA) is 25.8 Å². The molecule has 0 unspecified atom stereocenters. The van der Waals surface area contributed by atoms with E-state index in [1.165, 1.54) is 26.9 Å². The molecule has 5 rings (SSSR count). The van der Waals surface area contributed by atoms with Crippen molar-refractivity contribution in [3.8, 4) is 33.6 Å². The third kappa shape index (κ3) is 7.38. The smallest absolute Gasteiger partial charge is 0.0160 e. The van der Waals surface area contributed by atoms with Gasteiger partial charge in [-0.25, -0.2) is 0 Å². The second-order valence-corrected chi connectivity index (χ2v) is 20.2. The first-order chi connectivity index (χ1) is 18.2. The summed E-state index contributed by atoms with van der Waals surface area (Å²) in [5, 5.41) is 4.02. The second kappa shape index (κ2) is 14.9. The Morgan fingerprint density at radius 1 is 0.605 bits per heavy atom. The van der Waals surface area contributed by atoms with Crippen molar-refractivity contribution >= 4 is 17.7 Å². The molecule has 0 aliphatic heterocycles. The maximum absolute atomic E-state index is 4.63. The summed E-state index contributed by atoms with van der Waals surface area (Å²) in [5.74, 6) is 0. The summed E-state index contributed by atoms with van der Waals surface area (Å²) < 4.78 is 1.58. The van der Waals surface area contributed by atoms with Crippen LogP contribution in [0.3, 0.4) is 0 Å². The number of hydrogen-bond donors (Lipinski definition) is 0. The molecule has 0 saturated carbocycles. The molecule has 3 aromatic carbocycles. The van der Waals surface area contributed by atoms with Gasteiger partial charge in [0.2, 0.25) is 0 Å². The van der Waals surface area contributed by atoms with Crippen molar-refractivity contribution < 1.29 is 20.1 Å². The third-order valence-electron chi connectivity index (χ3n) is 7.25. The van der Waals surface area contributed by atoms with Gasteiger partial charge in [0.25, 0.3) is 0 Å². The molecule has 0 fully saturated rings. The molecule has 2 heterocycles. The molecule has 0 bridgehead atoms. The quantitative estimate of drug-likeness (QED) is 0.124. The van der Waals surface area contributed by atoms with Gasteiger partial charge in [-0.1, -0.05) is 12.1 Å². The zero-order chi connectivity index (χ0) is 25.9. The van der Waals surface area contributed by atoms with Crippen LogP contribution in [0.25, 0.3) is 33.6 Å². The number of nitrogens with zero attached hydrogens (tertiary/aromatic N) is 2. The number of pyridine rings is 2. The van der Waals surface area contributed by atoms with E-state index in [-0.39, 0.29) is 20.1 Å². The fourth-order valence-corrected chi connectivity index (χ4v) is 12.3. The van der Waals surface area contributed by atoms with E-state index in [9.17, 15) is 0 Å². The van der Waals surface area contributed by atoms with E-state index in [1.807, 2.05) is 54.7 Å². The Hall–Kier alpha value is -2.85. The Labute approximate surface area is 244 Å². The van der Waals surface area contributed by atoms with Gasteiger partial charge in [-0.05, 0) is 11.8 Å². The van der Waals surface area contributed by atoms with Gasteiger partial charge < -0.3 is 4.98 Å². The van der Waals surface area contributed by atoms with Crippen molar-refractivity contribution in [1.82, 2.24) is 9.97 Å². The van der Waals surface area contributed by atoms with Gasteiger partial charge in [0, 0.05) is 26.3 Å². The van der Waals surface area contributed by atoms with E-state index in [1.54, 1.807) is 10.6 Å². The number of benzene rings is 3. The largest absolute Gasteiger partial charge is 0.305 e. The SMILES string of the molecule is C[CH2][Ge]([CH2]C)([CH2]C)[c]1ccnc(-c2[c-]cc(-c3ccccc3)cc2)c1.[Ir].[c-]1ccccc1-c1ccccn1. The minimum Gasteiger partial charge on any atom is -0.305 e. The number of rotatable bonds is 7. The molecule has 2 aromatic heterocycles. The first-order valence-electron chi connectivity index (χ1n) is 13.1. The second-order valence-electron chi connectivity index (χ2n) is 9.12. The Morgan fingerprint density at radius 2 is 1.29 bits per heavy atom. The van der Waals surface area contributed by atoms with Gasteiger partial charge in [0.05, 0.1) is 0 Å². The molecule has 195 valence electrons. The third-order valence-corrected chi connectivity index (χ3v) is 19.0. The first kappa shape index (κ1) is 29.7.